The smallest absolute Gasteiger partial charge is 0.0145 e. The second-order valence-electron chi connectivity index (χ2n) is 3.92. The van der Waals surface area contributed by atoms with Crippen molar-refractivity contribution in [1.29, 1.82) is 0 Å². The fraction of sp³-hybridized carbons (Fsp3) is 0.636. The standard InChI is InChI=1S/C11H18/c1-8(2)11-6-5-9(3)7-10(11)4/h5,10-11H,1,6-7H2,2-4H3. The van der Waals surface area contributed by atoms with Gasteiger partial charge in [0.2, 0.25) is 0 Å². The van der Waals surface area contributed by atoms with Gasteiger partial charge in [-0.15, -0.1) is 0 Å². The quantitative estimate of drug-likeness (QED) is 0.501. The molecule has 0 N–H and O–H groups in total. The molecule has 0 heteroatoms. The molecule has 1 aliphatic carbocycles. The van der Waals surface area contributed by atoms with Crippen LogP contribution < -0.4 is 0 Å². The number of rotatable bonds is 1. The third-order valence-corrected chi connectivity index (χ3v) is 2.68. The zero-order valence-corrected chi connectivity index (χ0v) is 7.85. The molecule has 0 radical (unpaired) electrons. The summed E-state index contributed by atoms with van der Waals surface area (Å²) in [6.07, 6.45) is 4.83. The third kappa shape index (κ3) is 1.95. The lowest BCUT2D eigenvalue weighted by Gasteiger charge is -2.27. The molecule has 0 amide bonds. The van der Waals surface area contributed by atoms with Gasteiger partial charge in [0.1, 0.15) is 0 Å². The second-order valence-corrected chi connectivity index (χ2v) is 3.92. The first kappa shape index (κ1) is 8.58. The summed E-state index contributed by atoms with van der Waals surface area (Å²) in [5, 5.41) is 0. The van der Waals surface area contributed by atoms with Crippen molar-refractivity contribution in [3.05, 3.63) is 23.8 Å². The maximum Gasteiger partial charge on any atom is -0.0145 e. The van der Waals surface area contributed by atoms with E-state index < -0.39 is 0 Å². The largest absolute Gasteiger partial charge is 0.0998 e. The van der Waals surface area contributed by atoms with Gasteiger partial charge in [0.15, 0.2) is 0 Å². The molecule has 2 atom stereocenters. The highest BCUT2D eigenvalue weighted by Crippen LogP contribution is 2.32. The van der Waals surface area contributed by atoms with Crippen LogP contribution in [0.3, 0.4) is 0 Å². The van der Waals surface area contributed by atoms with Gasteiger partial charge < -0.3 is 0 Å². The lowest BCUT2D eigenvalue weighted by molar-refractivity contribution is 0.390. The first-order valence-electron chi connectivity index (χ1n) is 4.42. The second kappa shape index (κ2) is 3.25. The van der Waals surface area contributed by atoms with Crippen molar-refractivity contribution in [3.8, 4) is 0 Å². The SMILES string of the molecule is C=C(C)C1CC=C(C)CC1C. The lowest BCUT2D eigenvalue weighted by Crippen LogP contribution is -2.16. The van der Waals surface area contributed by atoms with Crippen LogP contribution in [0, 0.1) is 11.8 Å². The third-order valence-electron chi connectivity index (χ3n) is 2.68. The first-order valence-corrected chi connectivity index (χ1v) is 4.42. The van der Waals surface area contributed by atoms with Crippen molar-refractivity contribution in [3.63, 3.8) is 0 Å². The molecule has 0 nitrogen and oxygen atoms in total. The summed E-state index contributed by atoms with van der Waals surface area (Å²) < 4.78 is 0. The molecule has 0 saturated carbocycles. The summed E-state index contributed by atoms with van der Waals surface area (Å²) in [5.74, 6) is 1.54. The highest BCUT2D eigenvalue weighted by atomic mass is 14.3. The van der Waals surface area contributed by atoms with Gasteiger partial charge >= 0.3 is 0 Å². The van der Waals surface area contributed by atoms with E-state index in [9.17, 15) is 0 Å². The minimum absolute atomic E-state index is 0.735. The van der Waals surface area contributed by atoms with Crippen molar-refractivity contribution in [2.24, 2.45) is 11.8 Å². The first-order chi connectivity index (χ1) is 5.11. The molecule has 0 saturated heterocycles. The predicted octanol–water partition coefficient (Wildman–Crippen LogP) is 3.55. The summed E-state index contributed by atoms with van der Waals surface area (Å²) in [6, 6.07) is 0. The Balaban J connectivity index is 2.65. The monoisotopic (exact) mass is 150 g/mol. The van der Waals surface area contributed by atoms with Gasteiger partial charge in [-0.1, -0.05) is 30.7 Å². The average Bonchev–Trinajstić information content (AvgIpc) is 1.85. The molecular formula is C11H18. The Morgan fingerprint density at radius 1 is 1.64 bits per heavy atom. The molecule has 0 aliphatic heterocycles. The average molecular weight is 150 g/mol. The van der Waals surface area contributed by atoms with Crippen LogP contribution in [0.5, 0.6) is 0 Å². The zero-order valence-electron chi connectivity index (χ0n) is 7.85. The van der Waals surface area contributed by atoms with Crippen LogP contribution in [-0.4, -0.2) is 0 Å². The molecule has 0 aromatic carbocycles. The molecule has 0 heterocycles. The Hall–Kier alpha value is -0.520. The lowest BCUT2D eigenvalue weighted by atomic mass is 9.78. The van der Waals surface area contributed by atoms with Gasteiger partial charge in [-0.05, 0) is 38.5 Å². The van der Waals surface area contributed by atoms with Crippen LogP contribution in [-0.2, 0) is 0 Å². The van der Waals surface area contributed by atoms with Crippen LogP contribution >= 0.6 is 0 Å². The Kier molecular flexibility index (Phi) is 2.53. The summed E-state index contributed by atoms with van der Waals surface area (Å²) in [4.78, 5) is 0. The molecule has 0 fully saturated rings. The molecule has 1 rings (SSSR count). The summed E-state index contributed by atoms with van der Waals surface area (Å²) in [6.45, 7) is 10.7. The van der Waals surface area contributed by atoms with E-state index in [1.54, 1.807) is 5.57 Å². The minimum atomic E-state index is 0.735. The van der Waals surface area contributed by atoms with Gasteiger partial charge in [0.05, 0.1) is 0 Å². The Labute approximate surface area is 70.0 Å². The fourth-order valence-electron chi connectivity index (χ4n) is 1.98. The molecule has 1 aliphatic rings. The van der Waals surface area contributed by atoms with E-state index in [1.165, 1.54) is 18.4 Å². The van der Waals surface area contributed by atoms with Crippen LogP contribution in [0.4, 0.5) is 0 Å². The molecule has 0 aromatic rings. The van der Waals surface area contributed by atoms with Crippen LogP contribution in [0.15, 0.2) is 23.8 Å². The normalized spacial score (nSPS) is 31.4. The van der Waals surface area contributed by atoms with Crippen LogP contribution in [0.1, 0.15) is 33.6 Å². The fourth-order valence-corrected chi connectivity index (χ4v) is 1.98. The maximum absolute atomic E-state index is 4.02. The molecule has 0 aromatic heterocycles. The van der Waals surface area contributed by atoms with Crippen molar-refractivity contribution in [2.75, 3.05) is 0 Å². The minimum Gasteiger partial charge on any atom is -0.0998 e. The van der Waals surface area contributed by atoms with Gasteiger partial charge in [-0.2, -0.15) is 0 Å². The molecule has 0 spiro atoms. The van der Waals surface area contributed by atoms with E-state index in [2.05, 4.69) is 33.4 Å². The van der Waals surface area contributed by atoms with Crippen molar-refractivity contribution < 1.29 is 0 Å². The molecular weight excluding hydrogens is 132 g/mol. The van der Waals surface area contributed by atoms with Gasteiger partial charge in [0.25, 0.3) is 0 Å². The number of allylic oxidation sites excluding steroid dienone is 3. The van der Waals surface area contributed by atoms with E-state index in [-0.39, 0.29) is 0 Å². The van der Waals surface area contributed by atoms with Crippen molar-refractivity contribution in [2.45, 2.75) is 33.6 Å². The number of hydrogen-bond donors (Lipinski definition) is 0. The van der Waals surface area contributed by atoms with Crippen molar-refractivity contribution >= 4 is 0 Å². The highest BCUT2D eigenvalue weighted by Gasteiger charge is 2.20. The Bertz CT molecular complexity index is 186. The van der Waals surface area contributed by atoms with E-state index in [0.717, 1.165) is 11.8 Å². The molecule has 0 bridgehead atoms. The molecule has 11 heavy (non-hydrogen) atoms. The van der Waals surface area contributed by atoms with E-state index in [1.807, 2.05) is 0 Å². The van der Waals surface area contributed by atoms with Gasteiger partial charge in [-0.25, -0.2) is 0 Å². The number of hydrogen-bond acceptors (Lipinski definition) is 0. The maximum atomic E-state index is 4.02. The summed E-state index contributed by atoms with van der Waals surface area (Å²) in [5.41, 5.74) is 2.90. The Morgan fingerprint density at radius 3 is 2.73 bits per heavy atom. The van der Waals surface area contributed by atoms with E-state index >= 15 is 0 Å². The zero-order chi connectivity index (χ0) is 8.43. The topological polar surface area (TPSA) is 0 Å². The van der Waals surface area contributed by atoms with Crippen molar-refractivity contribution in [1.82, 2.24) is 0 Å². The van der Waals surface area contributed by atoms with Gasteiger partial charge in [0, 0.05) is 0 Å². The molecule has 62 valence electrons. The van der Waals surface area contributed by atoms with E-state index in [4.69, 9.17) is 0 Å². The van der Waals surface area contributed by atoms with E-state index in [0.29, 0.717) is 0 Å². The molecule has 2 unspecified atom stereocenters. The summed E-state index contributed by atoms with van der Waals surface area (Å²) in [7, 11) is 0. The van der Waals surface area contributed by atoms with Crippen LogP contribution in [0.25, 0.3) is 0 Å². The van der Waals surface area contributed by atoms with Crippen LogP contribution in [0.2, 0.25) is 0 Å². The van der Waals surface area contributed by atoms with Gasteiger partial charge in [-0.3, -0.25) is 0 Å². The Morgan fingerprint density at radius 2 is 2.27 bits per heavy atom. The summed E-state index contributed by atoms with van der Waals surface area (Å²) >= 11 is 0. The predicted molar refractivity (Wildman–Crippen MR) is 50.5 cm³/mol. The highest BCUT2D eigenvalue weighted by molar-refractivity contribution is 5.12.